The molecule has 0 aliphatic heterocycles. The maximum absolute atomic E-state index is 12.1. The van der Waals surface area contributed by atoms with E-state index in [1.165, 1.54) is 0 Å². The molecule has 0 bridgehead atoms. The zero-order chi connectivity index (χ0) is 16.1. The molecule has 4 nitrogen and oxygen atoms in total. The Bertz CT molecular complexity index is 470. The third kappa shape index (κ3) is 5.63. The van der Waals surface area contributed by atoms with Gasteiger partial charge in [-0.25, -0.2) is 0 Å². The van der Waals surface area contributed by atoms with Crippen LogP contribution in [-0.4, -0.2) is 31.8 Å². The molecule has 0 fully saturated rings. The highest BCUT2D eigenvalue weighted by molar-refractivity contribution is 5.87. The molecule has 1 aromatic carbocycles. The molecule has 3 N–H and O–H groups in total. The van der Waals surface area contributed by atoms with E-state index in [1.54, 1.807) is 38.1 Å². The van der Waals surface area contributed by atoms with Gasteiger partial charge in [0.1, 0.15) is 6.61 Å². The van der Waals surface area contributed by atoms with E-state index in [4.69, 9.17) is 5.73 Å². The fourth-order valence-electron chi connectivity index (χ4n) is 1.68. The van der Waals surface area contributed by atoms with Crippen LogP contribution in [0.15, 0.2) is 24.3 Å². The van der Waals surface area contributed by atoms with Gasteiger partial charge >= 0.3 is 6.18 Å². The van der Waals surface area contributed by atoms with Crippen LogP contribution in [0.5, 0.6) is 0 Å². The maximum Gasteiger partial charge on any atom is 0.411 e. The number of hydrogen-bond acceptors (Lipinski definition) is 3. The summed E-state index contributed by atoms with van der Waals surface area (Å²) in [7, 11) is 0. The van der Waals surface area contributed by atoms with Gasteiger partial charge < -0.3 is 15.8 Å². The van der Waals surface area contributed by atoms with Crippen molar-refractivity contribution in [2.24, 2.45) is 0 Å². The lowest BCUT2D eigenvalue weighted by atomic mass is 9.83. The average Bonchev–Trinajstić information content (AvgIpc) is 2.37. The fourth-order valence-corrected chi connectivity index (χ4v) is 1.68. The molecule has 0 saturated heterocycles. The lowest BCUT2D eigenvalue weighted by molar-refractivity contribution is -0.173. The van der Waals surface area contributed by atoms with Crippen LogP contribution in [0.25, 0.3) is 0 Å². The molecule has 0 atom stereocenters. The fraction of sp³-hybridized carbons (Fsp3) is 0.500. The first-order valence-corrected chi connectivity index (χ1v) is 6.42. The van der Waals surface area contributed by atoms with E-state index in [-0.39, 0.29) is 19.1 Å². The Hall–Kier alpha value is -1.76. The first-order chi connectivity index (χ1) is 9.63. The molecule has 1 amide bonds. The molecule has 118 valence electrons. The summed E-state index contributed by atoms with van der Waals surface area (Å²) in [6, 6.07) is 6.87. The van der Waals surface area contributed by atoms with Gasteiger partial charge in [-0.15, -0.1) is 0 Å². The summed E-state index contributed by atoms with van der Waals surface area (Å²) in [4.78, 5) is 12.1. The molecular weight excluding hydrogens is 285 g/mol. The maximum atomic E-state index is 12.1. The van der Waals surface area contributed by atoms with Crippen LogP contribution in [0.2, 0.25) is 0 Å². The SMILES string of the molecule is CC(C)(C(=O)NCCOCC(F)(F)F)c1ccc(N)cc1. The smallest absolute Gasteiger partial charge is 0.399 e. The van der Waals surface area contributed by atoms with Gasteiger partial charge in [0, 0.05) is 12.2 Å². The molecule has 0 aromatic heterocycles. The molecule has 0 radical (unpaired) electrons. The number of ether oxygens (including phenoxy) is 1. The number of carbonyl (C=O) groups is 1. The van der Waals surface area contributed by atoms with Gasteiger partial charge in [-0.05, 0) is 31.5 Å². The van der Waals surface area contributed by atoms with Crippen LogP contribution in [0.4, 0.5) is 18.9 Å². The number of carbonyl (C=O) groups excluding carboxylic acids is 1. The Balaban J connectivity index is 2.45. The highest BCUT2D eigenvalue weighted by Gasteiger charge is 2.30. The second-order valence-electron chi connectivity index (χ2n) is 5.17. The topological polar surface area (TPSA) is 64.3 Å². The zero-order valence-corrected chi connectivity index (χ0v) is 12.0. The number of halogens is 3. The van der Waals surface area contributed by atoms with E-state index in [1.807, 2.05) is 0 Å². The van der Waals surface area contributed by atoms with Crippen molar-refractivity contribution in [2.45, 2.75) is 25.4 Å². The normalized spacial score (nSPS) is 12.2. The average molecular weight is 304 g/mol. The predicted octanol–water partition coefficient (Wildman–Crippen LogP) is 2.24. The summed E-state index contributed by atoms with van der Waals surface area (Å²) in [6.07, 6.45) is -4.35. The van der Waals surface area contributed by atoms with Crippen molar-refractivity contribution >= 4 is 11.6 Å². The third-order valence-corrected chi connectivity index (χ3v) is 3.00. The standard InChI is InChI=1S/C14H19F3N2O2/c1-13(2,10-3-5-11(18)6-4-10)12(20)19-7-8-21-9-14(15,16)17/h3-6H,7-9,18H2,1-2H3,(H,19,20). The van der Waals surface area contributed by atoms with Crippen LogP contribution >= 0.6 is 0 Å². The molecule has 21 heavy (non-hydrogen) atoms. The summed E-state index contributed by atoms with van der Waals surface area (Å²) in [5.74, 6) is -0.289. The number of nitrogen functional groups attached to an aromatic ring is 1. The van der Waals surface area contributed by atoms with Gasteiger partial charge in [0.25, 0.3) is 0 Å². The first kappa shape index (κ1) is 17.3. The molecule has 0 spiro atoms. The van der Waals surface area contributed by atoms with E-state index in [9.17, 15) is 18.0 Å². The first-order valence-electron chi connectivity index (χ1n) is 6.42. The highest BCUT2D eigenvalue weighted by Crippen LogP contribution is 2.24. The molecule has 0 heterocycles. The van der Waals surface area contributed by atoms with Crippen LogP contribution in [0.1, 0.15) is 19.4 Å². The quantitative estimate of drug-likeness (QED) is 0.626. The van der Waals surface area contributed by atoms with Crippen LogP contribution in [0, 0.1) is 0 Å². The van der Waals surface area contributed by atoms with E-state index in [2.05, 4.69) is 10.1 Å². The predicted molar refractivity (Wildman–Crippen MR) is 73.8 cm³/mol. The molecule has 7 heteroatoms. The Morgan fingerprint density at radius 3 is 2.33 bits per heavy atom. The molecular formula is C14H19F3N2O2. The third-order valence-electron chi connectivity index (χ3n) is 3.00. The number of rotatable bonds is 6. The molecule has 0 unspecified atom stereocenters. The molecule has 0 saturated carbocycles. The number of benzene rings is 1. The van der Waals surface area contributed by atoms with E-state index in [0.717, 1.165) is 5.56 Å². The van der Waals surface area contributed by atoms with Crippen molar-refractivity contribution in [1.29, 1.82) is 0 Å². The van der Waals surface area contributed by atoms with E-state index in [0.29, 0.717) is 5.69 Å². The Morgan fingerprint density at radius 1 is 1.24 bits per heavy atom. The van der Waals surface area contributed by atoms with E-state index < -0.39 is 18.2 Å². The molecule has 0 aliphatic carbocycles. The number of nitrogens with two attached hydrogens (primary N) is 1. The number of anilines is 1. The largest absolute Gasteiger partial charge is 0.411 e. The van der Waals surface area contributed by atoms with Crippen LogP contribution < -0.4 is 11.1 Å². The lowest BCUT2D eigenvalue weighted by Gasteiger charge is -2.24. The highest BCUT2D eigenvalue weighted by atomic mass is 19.4. The lowest BCUT2D eigenvalue weighted by Crippen LogP contribution is -2.41. The monoisotopic (exact) mass is 304 g/mol. The van der Waals surface area contributed by atoms with Gasteiger partial charge in [0.05, 0.1) is 12.0 Å². The number of nitrogens with one attached hydrogen (secondary N) is 1. The van der Waals surface area contributed by atoms with Gasteiger partial charge in [-0.1, -0.05) is 12.1 Å². The summed E-state index contributed by atoms with van der Waals surface area (Å²) in [5, 5.41) is 2.56. The number of alkyl halides is 3. The molecule has 0 aliphatic rings. The van der Waals surface area contributed by atoms with Gasteiger partial charge in [-0.3, -0.25) is 4.79 Å². The van der Waals surface area contributed by atoms with Crippen molar-refractivity contribution in [3.8, 4) is 0 Å². The summed E-state index contributed by atoms with van der Waals surface area (Å²) in [6.45, 7) is 1.97. The number of hydrogen-bond donors (Lipinski definition) is 2. The Morgan fingerprint density at radius 2 is 1.81 bits per heavy atom. The molecule has 1 rings (SSSR count). The minimum atomic E-state index is -4.35. The van der Waals surface area contributed by atoms with Crippen molar-refractivity contribution in [3.63, 3.8) is 0 Å². The van der Waals surface area contributed by atoms with Crippen molar-refractivity contribution in [2.75, 3.05) is 25.5 Å². The second-order valence-corrected chi connectivity index (χ2v) is 5.17. The van der Waals surface area contributed by atoms with Gasteiger partial charge in [-0.2, -0.15) is 13.2 Å². The minimum Gasteiger partial charge on any atom is -0.399 e. The number of amides is 1. The minimum absolute atomic E-state index is 0.0211. The van der Waals surface area contributed by atoms with Crippen molar-refractivity contribution < 1.29 is 22.7 Å². The summed E-state index contributed by atoms with van der Waals surface area (Å²) >= 11 is 0. The van der Waals surface area contributed by atoms with Gasteiger partial charge in [0.15, 0.2) is 0 Å². The van der Waals surface area contributed by atoms with Crippen molar-refractivity contribution in [1.82, 2.24) is 5.32 Å². The van der Waals surface area contributed by atoms with Gasteiger partial charge in [0.2, 0.25) is 5.91 Å². The van der Waals surface area contributed by atoms with Crippen LogP contribution in [-0.2, 0) is 14.9 Å². The summed E-state index contributed by atoms with van der Waals surface area (Å²) in [5.41, 5.74) is 6.14. The Labute approximate surface area is 121 Å². The van der Waals surface area contributed by atoms with Crippen LogP contribution in [0.3, 0.4) is 0 Å². The second kappa shape index (κ2) is 6.80. The molecule has 1 aromatic rings. The Kier molecular flexibility index (Phi) is 5.60. The van der Waals surface area contributed by atoms with Crippen molar-refractivity contribution in [3.05, 3.63) is 29.8 Å². The zero-order valence-electron chi connectivity index (χ0n) is 12.0. The van der Waals surface area contributed by atoms with E-state index >= 15 is 0 Å². The summed E-state index contributed by atoms with van der Waals surface area (Å²) < 4.78 is 40.0.